The number of nitrogens with one attached hydrogen (secondary N) is 2. The minimum atomic E-state index is -0.167. The molecule has 4 nitrogen and oxygen atoms in total. The molecule has 2 aromatic rings. The van der Waals surface area contributed by atoms with Crippen molar-refractivity contribution in [2.45, 2.75) is 45.4 Å². The number of carbonyl (C=O) groups is 2. The maximum absolute atomic E-state index is 12.6. The Kier molecular flexibility index (Phi) is 6.05. The summed E-state index contributed by atoms with van der Waals surface area (Å²) in [6.07, 6.45) is 6.60. The third-order valence-electron chi connectivity index (χ3n) is 5.09. The van der Waals surface area contributed by atoms with E-state index in [0.717, 1.165) is 42.6 Å². The number of carbonyl (C=O) groups excluding carboxylic acids is 2. The second kappa shape index (κ2) is 8.65. The third-order valence-corrected chi connectivity index (χ3v) is 5.09. The lowest BCUT2D eigenvalue weighted by molar-refractivity contribution is -0.120. The Bertz CT molecular complexity index is 763. The highest BCUT2D eigenvalue weighted by Crippen LogP contribution is 2.26. The molecule has 0 atom stereocenters. The molecule has 0 aromatic heterocycles. The highest BCUT2D eigenvalue weighted by atomic mass is 16.2. The Hall–Kier alpha value is -2.62. The van der Waals surface area contributed by atoms with E-state index in [1.165, 1.54) is 12.8 Å². The van der Waals surface area contributed by atoms with Crippen molar-refractivity contribution < 1.29 is 9.59 Å². The average Bonchev–Trinajstić information content (AvgIpc) is 2.93. The molecule has 0 heterocycles. The van der Waals surface area contributed by atoms with E-state index in [1.54, 1.807) is 6.07 Å². The van der Waals surface area contributed by atoms with Crippen molar-refractivity contribution in [3.63, 3.8) is 0 Å². The van der Waals surface area contributed by atoms with Crippen LogP contribution in [0.5, 0.6) is 0 Å². The van der Waals surface area contributed by atoms with E-state index in [-0.39, 0.29) is 17.7 Å². The largest absolute Gasteiger partial charge is 0.326 e. The van der Waals surface area contributed by atoms with Gasteiger partial charge in [0.25, 0.3) is 5.91 Å². The number of benzene rings is 2. The molecule has 2 N–H and O–H groups in total. The molecule has 0 saturated heterocycles. The second-order valence-electron chi connectivity index (χ2n) is 6.98. The molecule has 3 rings (SSSR count). The lowest BCUT2D eigenvalue weighted by Crippen LogP contribution is -2.23. The zero-order valence-corrected chi connectivity index (χ0v) is 15.3. The fraction of sp³-hybridized carbons (Fsp3) is 0.364. The van der Waals surface area contributed by atoms with Crippen molar-refractivity contribution in [1.82, 2.24) is 0 Å². The molecule has 1 fully saturated rings. The third kappa shape index (κ3) is 4.51. The van der Waals surface area contributed by atoms with Crippen LogP contribution in [0.1, 0.15) is 54.4 Å². The fourth-order valence-electron chi connectivity index (χ4n) is 3.51. The van der Waals surface area contributed by atoms with Crippen molar-refractivity contribution in [3.05, 3.63) is 59.7 Å². The molecular weight excluding hydrogens is 324 g/mol. The molecule has 0 spiro atoms. The first-order valence-corrected chi connectivity index (χ1v) is 9.42. The predicted octanol–water partition coefficient (Wildman–Crippen LogP) is 5.16. The van der Waals surface area contributed by atoms with E-state index in [9.17, 15) is 9.59 Å². The van der Waals surface area contributed by atoms with Gasteiger partial charge in [-0.05, 0) is 49.6 Å². The summed E-state index contributed by atoms with van der Waals surface area (Å²) < 4.78 is 0. The smallest absolute Gasteiger partial charge is 0.256 e. The van der Waals surface area contributed by atoms with Gasteiger partial charge in [0.2, 0.25) is 5.91 Å². The number of rotatable bonds is 4. The van der Waals surface area contributed by atoms with Crippen molar-refractivity contribution in [2.24, 2.45) is 5.92 Å². The summed E-state index contributed by atoms with van der Waals surface area (Å²) in [5.41, 5.74) is 2.85. The molecule has 26 heavy (non-hydrogen) atoms. The quantitative estimate of drug-likeness (QED) is 0.749. The van der Waals surface area contributed by atoms with Gasteiger partial charge in [-0.2, -0.15) is 0 Å². The Balaban J connectivity index is 1.72. The van der Waals surface area contributed by atoms with Gasteiger partial charge in [0.15, 0.2) is 0 Å². The van der Waals surface area contributed by atoms with E-state index in [0.29, 0.717) is 5.56 Å². The van der Waals surface area contributed by atoms with Crippen LogP contribution in [0, 0.1) is 12.8 Å². The maximum Gasteiger partial charge on any atom is 0.256 e. The first-order valence-electron chi connectivity index (χ1n) is 9.42. The van der Waals surface area contributed by atoms with Gasteiger partial charge < -0.3 is 10.6 Å². The van der Waals surface area contributed by atoms with E-state index in [1.807, 2.05) is 49.4 Å². The molecule has 1 aliphatic rings. The standard InChI is InChI=1S/C22H26N2O2/c1-16-19(22(26)23-18-12-7-4-8-13-18)14-9-15-20(16)24-21(25)17-10-5-2-3-6-11-17/h4,7-9,12-15,17H,2-3,5-6,10-11H2,1H3,(H,23,26)(H,24,25). The van der Waals surface area contributed by atoms with Crippen LogP contribution in [0.2, 0.25) is 0 Å². The molecular formula is C22H26N2O2. The number of hydrogen-bond donors (Lipinski definition) is 2. The molecule has 0 radical (unpaired) electrons. The Morgan fingerprint density at radius 3 is 2.23 bits per heavy atom. The zero-order chi connectivity index (χ0) is 18.4. The van der Waals surface area contributed by atoms with Gasteiger partial charge in [0.05, 0.1) is 0 Å². The van der Waals surface area contributed by atoms with Gasteiger partial charge in [-0.3, -0.25) is 9.59 Å². The van der Waals surface area contributed by atoms with Gasteiger partial charge in [-0.1, -0.05) is 49.9 Å². The van der Waals surface area contributed by atoms with Crippen molar-refractivity contribution in [3.8, 4) is 0 Å². The summed E-state index contributed by atoms with van der Waals surface area (Å²) >= 11 is 0. The van der Waals surface area contributed by atoms with E-state index >= 15 is 0 Å². The first kappa shape index (κ1) is 18.2. The Labute approximate surface area is 155 Å². The van der Waals surface area contributed by atoms with Crippen LogP contribution in [0.3, 0.4) is 0 Å². The maximum atomic E-state index is 12.6. The molecule has 2 amide bonds. The van der Waals surface area contributed by atoms with Gasteiger partial charge in [0, 0.05) is 22.9 Å². The monoisotopic (exact) mass is 350 g/mol. The summed E-state index contributed by atoms with van der Waals surface area (Å²) in [4.78, 5) is 25.2. The number of para-hydroxylation sites is 1. The van der Waals surface area contributed by atoms with E-state index in [4.69, 9.17) is 0 Å². The minimum absolute atomic E-state index is 0.0793. The van der Waals surface area contributed by atoms with Crippen LogP contribution in [-0.4, -0.2) is 11.8 Å². The highest BCUT2D eigenvalue weighted by Gasteiger charge is 2.21. The lowest BCUT2D eigenvalue weighted by Gasteiger charge is -2.17. The Morgan fingerprint density at radius 2 is 1.54 bits per heavy atom. The zero-order valence-electron chi connectivity index (χ0n) is 15.3. The summed E-state index contributed by atoms with van der Waals surface area (Å²) in [7, 11) is 0. The van der Waals surface area contributed by atoms with Crippen molar-refractivity contribution in [1.29, 1.82) is 0 Å². The van der Waals surface area contributed by atoms with Crippen LogP contribution in [0.15, 0.2) is 48.5 Å². The normalized spacial score (nSPS) is 15.1. The highest BCUT2D eigenvalue weighted by molar-refractivity contribution is 6.06. The van der Waals surface area contributed by atoms with Gasteiger partial charge in [-0.15, -0.1) is 0 Å². The first-order chi connectivity index (χ1) is 12.6. The Morgan fingerprint density at radius 1 is 0.846 bits per heavy atom. The molecule has 0 unspecified atom stereocenters. The minimum Gasteiger partial charge on any atom is -0.326 e. The van der Waals surface area contributed by atoms with Crippen LogP contribution < -0.4 is 10.6 Å². The van der Waals surface area contributed by atoms with E-state index in [2.05, 4.69) is 10.6 Å². The fourth-order valence-corrected chi connectivity index (χ4v) is 3.51. The van der Waals surface area contributed by atoms with Crippen LogP contribution in [-0.2, 0) is 4.79 Å². The number of anilines is 2. The van der Waals surface area contributed by atoms with Crippen molar-refractivity contribution >= 4 is 23.2 Å². The van der Waals surface area contributed by atoms with Crippen LogP contribution in [0.25, 0.3) is 0 Å². The average molecular weight is 350 g/mol. The summed E-state index contributed by atoms with van der Waals surface area (Å²) in [6, 6.07) is 14.8. The topological polar surface area (TPSA) is 58.2 Å². The van der Waals surface area contributed by atoms with Gasteiger partial charge in [0.1, 0.15) is 0 Å². The predicted molar refractivity (Wildman–Crippen MR) is 105 cm³/mol. The molecule has 0 aliphatic heterocycles. The van der Waals surface area contributed by atoms with Gasteiger partial charge >= 0.3 is 0 Å². The molecule has 136 valence electrons. The molecule has 1 saturated carbocycles. The molecule has 4 heteroatoms. The van der Waals surface area contributed by atoms with Crippen molar-refractivity contribution in [2.75, 3.05) is 10.6 Å². The summed E-state index contributed by atoms with van der Waals surface area (Å²) in [5, 5.41) is 5.95. The van der Waals surface area contributed by atoms with Crippen LogP contribution >= 0.6 is 0 Å². The molecule has 2 aromatic carbocycles. The summed E-state index contributed by atoms with van der Waals surface area (Å²) in [5.74, 6) is -0.00594. The lowest BCUT2D eigenvalue weighted by atomic mass is 9.98. The molecule has 0 bridgehead atoms. The SMILES string of the molecule is Cc1c(NC(=O)C2CCCCCC2)cccc1C(=O)Nc1ccccc1. The van der Waals surface area contributed by atoms with E-state index < -0.39 is 0 Å². The second-order valence-corrected chi connectivity index (χ2v) is 6.98. The number of amides is 2. The summed E-state index contributed by atoms with van der Waals surface area (Å²) in [6.45, 7) is 1.88. The van der Waals surface area contributed by atoms with Crippen LogP contribution in [0.4, 0.5) is 11.4 Å². The number of hydrogen-bond acceptors (Lipinski definition) is 2. The van der Waals surface area contributed by atoms with Gasteiger partial charge in [-0.25, -0.2) is 0 Å². The molecule has 1 aliphatic carbocycles.